The van der Waals surface area contributed by atoms with Gasteiger partial charge in [-0.15, -0.1) is 0 Å². The van der Waals surface area contributed by atoms with Crippen LogP contribution in [0.25, 0.3) is 0 Å². The number of hydrogen-bond donors (Lipinski definition) is 2. The topological polar surface area (TPSA) is 62.4 Å². The number of pyridine rings is 1. The molecule has 0 amide bonds. The van der Waals surface area contributed by atoms with Crippen molar-refractivity contribution < 1.29 is 5.11 Å². The summed E-state index contributed by atoms with van der Waals surface area (Å²) in [6.07, 6.45) is 2.34. The summed E-state index contributed by atoms with van der Waals surface area (Å²) in [7, 11) is 1.93. The van der Waals surface area contributed by atoms with Crippen molar-refractivity contribution in [2.24, 2.45) is 0 Å². The monoisotopic (exact) mass is 193 g/mol. The standard InChI is InChI=1S/C10H15N3O/c1-13-5-4-8(10(13)14)7-2-3-9(11)12-6-7/h2-3,6,8,10,14H,4-5H2,1H3,(H2,11,12). The number of nitrogens with two attached hydrogens (primary N) is 1. The molecule has 1 aliphatic rings. The minimum atomic E-state index is -0.388. The number of nitrogens with zero attached hydrogens (tertiary/aromatic N) is 2. The Morgan fingerprint density at radius 2 is 2.36 bits per heavy atom. The predicted octanol–water partition coefficient (Wildman–Crippen LogP) is 0.401. The Balaban J connectivity index is 2.19. The maximum Gasteiger partial charge on any atom is 0.123 e. The first kappa shape index (κ1) is 9.43. The molecule has 76 valence electrons. The third kappa shape index (κ3) is 1.58. The first-order chi connectivity index (χ1) is 6.68. The van der Waals surface area contributed by atoms with Crippen molar-refractivity contribution in [3.05, 3.63) is 23.9 Å². The number of nitrogen functional groups attached to an aromatic ring is 1. The first-order valence-corrected chi connectivity index (χ1v) is 4.78. The van der Waals surface area contributed by atoms with Crippen LogP contribution in [0.1, 0.15) is 17.9 Å². The predicted molar refractivity (Wildman–Crippen MR) is 54.6 cm³/mol. The highest BCUT2D eigenvalue weighted by Crippen LogP contribution is 2.30. The normalized spacial score (nSPS) is 28.1. The lowest BCUT2D eigenvalue weighted by molar-refractivity contribution is 0.0444. The number of aliphatic hydroxyl groups is 1. The van der Waals surface area contributed by atoms with Gasteiger partial charge >= 0.3 is 0 Å². The molecule has 14 heavy (non-hydrogen) atoms. The third-order valence-electron chi connectivity index (χ3n) is 2.84. The second kappa shape index (κ2) is 3.55. The van der Waals surface area contributed by atoms with Crippen LogP contribution in [0.15, 0.2) is 18.3 Å². The summed E-state index contributed by atoms with van der Waals surface area (Å²) in [6.45, 7) is 0.927. The number of hydrogen-bond acceptors (Lipinski definition) is 4. The van der Waals surface area contributed by atoms with Gasteiger partial charge in [0.15, 0.2) is 0 Å². The van der Waals surface area contributed by atoms with E-state index in [1.54, 1.807) is 12.3 Å². The average molecular weight is 193 g/mol. The molecule has 0 bridgehead atoms. The van der Waals surface area contributed by atoms with Crippen LogP contribution >= 0.6 is 0 Å². The van der Waals surface area contributed by atoms with Crippen LogP contribution in [0.5, 0.6) is 0 Å². The highest BCUT2D eigenvalue weighted by atomic mass is 16.3. The van der Waals surface area contributed by atoms with E-state index in [2.05, 4.69) is 4.98 Å². The van der Waals surface area contributed by atoms with E-state index in [1.165, 1.54) is 0 Å². The molecule has 2 atom stereocenters. The van der Waals surface area contributed by atoms with Crippen LogP contribution in [-0.2, 0) is 0 Å². The van der Waals surface area contributed by atoms with Crippen molar-refractivity contribution in [2.45, 2.75) is 18.6 Å². The molecule has 2 rings (SSSR count). The van der Waals surface area contributed by atoms with Gasteiger partial charge in [-0.3, -0.25) is 4.90 Å². The number of rotatable bonds is 1. The van der Waals surface area contributed by atoms with Gasteiger partial charge in [-0.25, -0.2) is 4.98 Å². The molecule has 1 fully saturated rings. The quantitative estimate of drug-likeness (QED) is 0.677. The lowest BCUT2D eigenvalue weighted by Gasteiger charge is -2.18. The molecule has 2 heterocycles. The Morgan fingerprint density at radius 1 is 1.57 bits per heavy atom. The lowest BCUT2D eigenvalue weighted by Crippen LogP contribution is -2.27. The van der Waals surface area contributed by atoms with E-state index >= 15 is 0 Å². The van der Waals surface area contributed by atoms with Gasteiger partial charge in [0, 0.05) is 18.7 Å². The molecule has 0 spiro atoms. The van der Waals surface area contributed by atoms with E-state index < -0.39 is 0 Å². The fraction of sp³-hybridized carbons (Fsp3) is 0.500. The Bertz CT molecular complexity index is 312. The average Bonchev–Trinajstić information content (AvgIpc) is 2.50. The number of aromatic nitrogens is 1. The van der Waals surface area contributed by atoms with Gasteiger partial charge in [-0.2, -0.15) is 0 Å². The third-order valence-corrected chi connectivity index (χ3v) is 2.84. The smallest absolute Gasteiger partial charge is 0.123 e. The molecule has 1 aliphatic heterocycles. The summed E-state index contributed by atoms with van der Waals surface area (Å²) < 4.78 is 0. The molecule has 0 aliphatic carbocycles. The van der Waals surface area contributed by atoms with Crippen molar-refractivity contribution in [3.8, 4) is 0 Å². The van der Waals surface area contributed by atoms with Crippen LogP contribution in [0.3, 0.4) is 0 Å². The molecule has 1 aromatic rings. The fourth-order valence-electron chi connectivity index (χ4n) is 1.91. The van der Waals surface area contributed by atoms with Crippen LogP contribution in [0.2, 0.25) is 0 Å². The van der Waals surface area contributed by atoms with Crippen molar-refractivity contribution in [3.63, 3.8) is 0 Å². The SMILES string of the molecule is CN1CCC(c2ccc(N)nc2)C1O. The maximum atomic E-state index is 9.85. The number of likely N-dealkylation sites (tertiary alicyclic amines) is 1. The van der Waals surface area contributed by atoms with Crippen LogP contribution in [0, 0.1) is 0 Å². The molecule has 3 N–H and O–H groups in total. The van der Waals surface area contributed by atoms with E-state index in [0.29, 0.717) is 5.82 Å². The second-order valence-corrected chi connectivity index (χ2v) is 3.81. The highest BCUT2D eigenvalue weighted by molar-refractivity contribution is 5.31. The number of likely N-dealkylation sites (N-methyl/N-ethyl adjacent to an activating group) is 1. The van der Waals surface area contributed by atoms with E-state index in [-0.39, 0.29) is 12.1 Å². The van der Waals surface area contributed by atoms with Crippen molar-refractivity contribution in [1.29, 1.82) is 0 Å². The zero-order chi connectivity index (χ0) is 10.1. The molecular weight excluding hydrogens is 178 g/mol. The van der Waals surface area contributed by atoms with Gasteiger partial charge in [0.2, 0.25) is 0 Å². The maximum absolute atomic E-state index is 9.85. The van der Waals surface area contributed by atoms with Gasteiger partial charge in [-0.1, -0.05) is 6.07 Å². The first-order valence-electron chi connectivity index (χ1n) is 4.78. The van der Waals surface area contributed by atoms with Gasteiger partial charge in [0.05, 0.1) is 0 Å². The second-order valence-electron chi connectivity index (χ2n) is 3.81. The lowest BCUT2D eigenvalue weighted by atomic mass is 9.99. The summed E-state index contributed by atoms with van der Waals surface area (Å²) in [4.78, 5) is 5.98. The Kier molecular flexibility index (Phi) is 2.39. The minimum absolute atomic E-state index is 0.174. The van der Waals surface area contributed by atoms with Crippen LogP contribution < -0.4 is 5.73 Å². The molecule has 0 saturated carbocycles. The summed E-state index contributed by atoms with van der Waals surface area (Å²) in [6, 6.07) is 3.72. The summed E-state index contributed by atoms with van der Waals surface area (Å²) in [5, 5.41) is 9.85. The largest absolute Gasteiger partial charge is 0.384 e. The zero-order valence-electron chi connectivity index (χ0n) is 8.22. The highest BCUT2D eigenvalue weighted by Gasteiger charge is 2.31. The van der Waals surface area contributed by atoms with E-state index in [4.69, 9.17) is 5.73 Å². The van der Waals surface area contributed by atoms with Crippen LogP contribution in [-0.4, -0.2) is 34.8 Å². The molecular formula is C10H15N3O. The molecule has 4 heteroatoms. The number of aliphatic hydroxyl groups excluding tert-OH is 1. The van der Waals surface area contributed by atoms with E-state index in [9.17, 15) is 5.11 Å². The number of anilines is 1. The van der Waals surface area contributed by atoms with E-state index in [1.807, 2.05) is 18.0 Å². The molecule has 4 nitrogen and oxygen atoms in total. The molecule has 1 aromatic heterocycles. The van der Waals surface area contributed by atoms with Crippen LogP contribution in [0.4, 0.5) is 5.82 Å². The summed E-state index contributed by atoms with van der Waals surface area (Å²) in [5.74, 6) is 0.697. The van der Waals surface area contributed by atoms with Crippen molar-refractivity contribution in [2.75, 3.05) is 19.3 Å². The fourth-order valence-corrected chi connectivity index (χ4v) is 1.91. The Labute approximate surface area is 83.4 Å². The van der Waals surface area contributed by atoms with Gasteiger partial charge in [0.1, 0.15) is 12.0 Å². The molecule has 0 radical (unpaired) electrons. The molecule has 2 unspecified atom stereocenters. The zero-order valence-corrected chi connectivity index (χ0v) is 8.22. The Morgan fingerprint density at radius 3 is 2.86 bits per heavy atom. The van der Waals surface area contributed by atoms with E-state index in [0.717, 1.165) is 18.5 Å². The summed E-state index contributed by atoms with van der Waals surface area (Å²) >= 11 is 0. The molecule has 1 saturated heterocycles. The van der Waals surface area contributed by atoms with Gasteiger partial charge < -0.3 is 10.8 Å². The minimum Gasteiger partial charge on any atom is -0.384 e. The Hall–Kier alpha value is -1.13. The summed E-state index contributed by atoms with van der Waals surface area (Å²) in [5.41, 5.74) is 6.57. The molecule has 0 aromatic carbocycles. The van der Waals surface area contributed by atoms with Crippen molar-refractivity contribution in [1.82, 2.24) is 9.88 Å². The van der Waals surface area contributed by atoms with Gasteiger partial charge in [0.25, 0.3) is 0 Å². The van der Waals surface area contributed by atoms with Gasteiger partial charge in [-0.05, 0) is 25.1 Å². The van der Waals surface area contributed by atoms with Crippen molar-refractivity contribution >= 4 is 5.82 Å².